The fourth-order valence-electron chi connectivity index (χ4n) is 2.38. The van der Waals surface area contributed by atoms with Gasteiger partial charge in [0.05, 0.1) is 0 Å². The molecule has 1 nitrogen and oxygen atoms in total. The highest BCUT2D eigenvalue weighted by Crippen LogP contribution is 2.18. The van der Waals surface area contributed by atoms with Crippen LogP contribution in [0.3, 0.4) is 0 Å². The third-order valence-electron chi connectivity index (χ3n) is 3.54. The van der Waals surface area contributed by atoms with Crippen molar-refractivity contribution in [2.45, 2.75) is 26.2 Å². The smallest absolute Gasteiger partial charge is 0.0175 e. The van der Waals surface area contributed by atoms with E-state index in [1.165, 1.54) is 24.0 Å². The number of hydrogen-bond donors (Lipinski definition) is 1. The molecule has 3 heteroatoms. The normalized spacial score (nSPS) is 12.5. The molecule has 0 bridgehead atoms. The fraction of sp³-hybridized carbons (Fsp3) is 0.412. The lowest BCUT2D eigenvalue weighted by Crippen LogP contribution is -2.24. The molecule has 0 spiro atoms. The average molecular weight is 352 g/mol. The predicted octanol–water partition coefficient (Wildman–Crippen LogP) is 4.91. The second-order valence-corrected chi connectivity index (χ2v) is 6.87. The van der Waals surface area contributed by atoms with Gasteiger partial charge in [-0.1, -0.05) is 35.0 Å². The number of hydrogen-bond acceptors (Lipinski definition) is 2. The van der Waals surface area contributed by atoms with Crippen LogP contribution < -0.4 is 5.32 Å². The molecule has 20 heavy (non-hydrogen) atoms. The zero-order valence-electron chi connectivity index (χ0n) is 11.9. The molecular weight excluding hydrogens is 330 g/mol. The van der Waals surface area contributed by atoms with Crippen LogP contribution in [0.5, 0.6) is 0 Å². The SMILES string of the molecule is CCNCC(CCc1ccsc1)Cc1ccc(Br)cc1. The highest BCUT2D eigenvalue weighted by atomic mass is 79.9. The molecule has 1 N–H and O–H groups in total. The molecule has 1 aromatic heterocycles. The fourth-order valence-corrected chi connectivity index (χ4v) is 3.35. The summed E-state index contributed by atoms with van der Waals surface area (Å²) in [7, 11) is 0. The summed E-state index contributed by atoms with van der Waals surface area (Å²) in [6.07, 6.45) is 3.60. The zero-order chi connectivity index (χ0) is 14.2. The molecule has 0 saturated heterocycles. The van der Waals surface area contributed by atoms with Crippen LogP contribution in [-0.4, -0.2) is 13.1 Å². The third kappa shape index (κ3) is 5.39. The Morgan fingerprint density at radius 3 is 2.60 bits per heavy atom. The molecule has 0 saturated carbocycles. The van der Waals surface area contributed by atoms with Crippen molar-refractivity contribution in [3.8, 4) is 0 Å². The van der Waals surface area contributed by atoms with Crippen molar-refractivity contribution >= 4 is 27.3 Å². The van der Waals surface area contributed by atoms with E-state index in [1.54, 1.807) is 11.3 Å². The van der Waals surface area contributed by atoms with E-state index in [4.69, 9.17) is 0 Å². The first kappa shape index (κ1) is 15.7. The average Bonchev–Trinajstić information content (AvgIpc) is 2.97. The topological polar surface area (TPSA) is 12.0 Å². The van der Waals surface area contributed by atoms with Crippen molar-refractivity contribution in [2.24, 2.45) is 5.92 Å². The van der Waals surface area contributed by atoms with Crippen molar-refractivity contribution in [2.75, 3.05) is 13.1 Å². The Labute approximate surface area is 134 Å². The Bertz CT molecular complexity index is 478. The summed E-state index contributed by atoms with van der Waals surface area (Å²) < 4.78 is 1.16. The van der Waals surface area contributed by atoms with Crippen molar-refractivity contribution in [1.82, 2.24) is 5.32 Å². The van der Waals surface area contributed by atoms with Crippen LogP contribution in [0.4, 0.5) is 0 Å². The Morgan fingerprint density at radius 2 is 1.95 bits per heavy atom. The largest absolute Gasteiger partial charge is 0.317 e. The number of rotatable bonds is 8. The number of nitrogens with one attached hydrogen (secondary N) is 1. The standard InChI is InChI=1S/C17H22BrNS/c1-2-19-12-16(4-3-15-9-10-20-13-15)11-14-5-7-17(18)8-6-14/h5-10,13,16,19H,2-4,11-12H2,1H3. The lowest BCUT2D eigenvalue weighted by Gasteiger charge is -2.17. The van der Waals surface area contributed by atoms with Crippen molar-refractivity contribution < 1.29 is 0 Å². The van der Waals surface area contributed by atoms with Gasteiger partial charge < -0.3 is 5.32 Å². The quantitative estimate of drug-likeness (QED) is 0.712. The molecule has 1 atom stereocenters. The summed E-state index contributed by atoms with van der Waals surface area (Å²) in [6.45, 7) is 4.33. The van der Waals surface area contributed by atoms with Crippen molar-refractivity contribution in [3.63, 3.8) is 0 Å². The second kappa shape index (κ2) is 8.60. The van der Waals surface area contributed by atoms with Gasteiger partial charge in [-0.25, -0.2) is 0 Å². The van der Waals surface area contributed by atoms with E-state index in [1.807, 2.05) is 0 Å². The van der Waals surface area contributed by atoms with Crippen LogP contribution >= 0.6 is 27.3 Å². The van der Waals surface area contributed by atoms with Crippen LogP contribution in [0.2, 0.25) is 0 Å². The number of halogens is 1. The van der Waals surface area contributed by atoms with Gasteiger partial charge in [-0.05, 0) is 78.4 Å². The van der Waals surface area contributed by atoms with Crippen LogP contribution in [0, 0.1) is 5.92 Å². The number of benzene rings is 1. The van der Waals surface area contributed by atoms with Gasteiger partial charge in [0.15, 0.2) is 0 Å². The minimum Gasteiger partial charge on any atom is -0.317 e. The Kier molecular flexibility index (Phi) is 6.77. The maximum Gasteiger partial charge on any atom is 0.0175 e. The summed E-state index contributed by atoms with van der Waals surface area (Å²) in [5, 5.41) is 7.94. The summed E-state index contributed by atoms with van der Waals surface area (Å²) >= 11 is 5.29. The highest BCUT2D eigenvalue weighted by Gasteiger charge is 2.10. The molecule has 2 aromatic rings. The van der Waals surface area contributed by atoms with Gasteiger partial charge in [0.25, 0.3) is 0 Å². The monoisotopic (exact) mass is 351 g/mol. The molecule has 1 aromatic carbocycles. The van der Waals surface area contributed by atoms with Gasteiger partial charge in [-0.3, -0.25) is 0 Å². The van der Waals surface area contributed by atoms with Gasteiger partial charge in [0.1, 0.15) is 0 Å². The van der Waals surface area contributed by atoms with E-state index in [0.29, 0.717) is 5.92 Å². The number of thiophene rings is 1. The summed E-state index contributed by atoms with van der Waals surface area (Å²) in [5.41, 5.74) is 2.91. The van der Waals surface area contributed by atoms with Crippen molar-refractivity contribution in [1.29, 1.82) is 0 Å². The molecule has 0 aliphatic heterocycles. The third-order valence-corrected chi connectivity index (χ3v) is 4.80. The molecule has 0 aliphatic rings. The predicted molar refractivity (Wildman–Crippen MR) is 92.5 cm³/mol. The summed E-state index contributed by atoms with van der Waals surface area (Å²) in [5.74, 6) is 0.705. The zero-order valence-corrected chi connectivity index (χ0v) is 14.3. The lowest BCUT2D eigenvalue weighted by atomic mass is 9.93. The Hall–Kier alpha value is -0.640. The van der Waals surface area contributed by atoms with E-state index >= 15 is 0 Å². The summed E-state index contributed by atoms with van der Waals surface area (Å²) in [4.78, 5) is 0. The molecule has 1 unspecified atom stereocenters. The van der Waals surface area contributed by atoms with Gasteiger partial charge in [-0.2, -0.15) is 11.3 Å². The van der Waals surface area contributed by atoms with Crippen LogP contribution in [0.1, 0.15) is 24.5 Å². The maximum absolute atomic E-state index is 3.50. The summed E-state index contributed by atoms with van der Waals surface area (Å²) in [6, 6.07) is 11.0. The van der Waals surface area contributed by atoms with E-state index in [0.717, 1.165) is 24.0 Å². The molecule has 0 fully saturated rings. The lowest BCUT2D eigenvalue weighted by molar-refractivity contribution is 0.449. The Morgan fingerprint density at radius 1 is 1.15 bits per heavy atom. The van der Waals surface area contributed by atoms with Gasteiger partial charge in [0.2, 0.25) is 0 Å². The molecule has 0 radical (unpaired) electrons. The molecule has 108 valence electrons. The van der Waals surface area contributed by atoms with Crippen molar-refractivity contribution in [3.05, 3.63) is 56.7 Å². The van der Waals surface area contributed by atoms with E-state index in [2.05, 4.69) is 69.3 Å². The molecule has 0 aliphatic carbocycles. The minimum absolute atomic E-state index is 0.705. The minimum atomic E-state index is 0.705. The van der Waals surface area contributed by atoms with Gasteiger partial charge in [0, 0.05) is 4.47 Å². The molecule has 2 rings (SSSR count). The first-order chi connectivity index (χ1) is 9.78. The first-order valence-electron chi connectivity index (χ1n) is 7.24. The van der Waals surface area contributed by atoms with Crippen LogP contribution in [-0.2, 0) is 12.8 Å². The van der Waals surface area contributed by atoms with Crippen LogP contribution in [0.15, 0.2) is 45.6 Å². The first-order valence-corrected chi connectivity index (χ1v) is 8.97. The van der Waals surface area contributed by atoms with E-state index < -0.39 is 0 Å². The van der Waals surface area contributed by atoms with Crippen LogP contribution in [0.25, 0.3) is 0 Å². The van der Waals surface area contributed by atoms with E-state index in [9.17, 15) is 0 Å². The van der Waals surface area contributed by atoms with Gasteiger partial charge >= 0.3 is 0 Å². The molecule has 1 heterocycles. The Balaban J connectivity index is 1.90. The number of aryl methyl sites for hydroxylation is 1. The second-order valence-electron chi connectivity index (χ2n) is 5.17. The molecule has 0 amide bonds. The highest BCUT2D eigenvalue weighted by molar-refractivity contribution is 9.10. The molecular formula is C17H22BrNS. The maximum atomic E-state index is 3.50. The van der Waals surface area contributed by atoms with Gasteiger partial charge in [-0.15, -0.1) is 0 Å². The van der Waals surface area contributed by atoms with E-state index in [-0.39, 0.29) is 0 Å².